The van der Waals surface area contributed by atoms with E-state index in [1.165, 1.54) is 0 Å². The molecule has 0 radical (unpaired) electrons. The van der Waals surface area contributed by atoms with Crippen LogP contribution in [0.4, 0.5) is 5.69 Å². The summed E-state index contributed by atoms with van der Waals surface area (Å²) in [5.74, 6) is 0.237. The van der Waals surface area contributed by atoms with Gasteiger partial charge in [0.25, 0.3) is 5.91 Å². The molecule has 0 aliphatic heterocycles. The smallest absolute Gasteiger partial charge is 0.251 e. The highest BCUT2D eigenvalue weighted by molar-refractivity contribution is 7.84. The van der Waals surface area contributed by atoms with Crippen molar-refractivity contribution in [3.63, 3.8) is 0 Å². The number of carbonyl (C=O) groups is 1. The fourth-order valence-corrected chi connectivity index (χ4v) is 3.04. The van der Waals surface area contributed by atoms with Crippen molar-refractivity contribution in [2.75, 3.05) is 31.0 Å². The minimum absolute atomic E-state index is 0.158. The van der Waals surface area contributed by atoms with Crippen molar-refractivity contribution in [1.29, 1.82) is 0 Å². The third-order valence-corrected chi connectivity index (χ3v) is 4.36. The highest BCUT2D eigenvalue weighted by atomic mass is 32.2. The zero-order valence-corrected chi connectivity index (χ0v) is 14.5. The largest absolute Gasteiger partial charge is 0.378 e. The van der Waals surface area contributed by atoms with E-state index < -0.39 is 10.8 Å². The fourth-order valence-electron chi connectivity index (χ4n) is 2.29. The summed E-state index contributed by atoms with van der Waals surface area (Å²) in [6.07, 6.45) is 1.65. The van der Waals surface area contributed by atoms with Gasteiger partial charge in [-0.3, -0.25) is 9.00 Å². The zero-order chi connectivity index (χ0) is 16.8. The molecule has 0 saturated carbocycles. The molecule has 2 aromatic carbocycles. The molecule has 0 spiro atoms. The predicted molar refractivity (Wildman–Crippen MR) is 96.4 cm³/mol. The van der Waals surface area contributed by atoms with Crippen LogP contribution in [0.2, 0.25) is 0 Å². The Morgan fingerprint density at radius 1 is 1.09 bits per heavy atom. The topological polar surface area (TPSA) is 49.4 Å². The number of carbonyl (C=O) groups excluding carboxylic acids is 1. The first-order valence-electron chi connectivity index (χ1n) is 7.40. The van der Waals surface area contributed by atoms with Gasteiger partial charge in [0.2, 0.25) is 0 Å². The Morgan fingerprint density at radius 3 is 2.22 bits per heavy atom. The first-order chi connectivity index (χ1) is 11.0. The molecule has 0 aliphatic carbocycles. The van der Waals surface area contributed by atoms with Gasteiger partial charge in [0.05, 0.1) is 6.04 Å². The van der Waals surface area contributed by atoms with Gasteiger partial charge in [0.1, 0.15) is 0 Å². The second kappa shape index (κ2) is 7.92. The number of anilines is 1. The summed E-state index contributed by atoms with van der Waals surface area (Å²) in [6, 6.07) is 16.8. The predicted octanol–water partition coefficient (Wildman–Crippen LogP) is 2.60. The summed E-state index contributed by atoms with van der Waals surface area (Å²) in [5, 5.41) is 2.98. The molecular weight excluding hydrogens is 308 g/mol. The van der Waals surface area contributed by atoms with Crippen LogP contribution < -0.4 is 10.2 Å². The molecule has 0 saturated heterocycles. The first kappa shape index (κ1) is 17.2. The van der Waals surface area contributed by atoms with Gasteiger partial charge in [0, 0.05) is 48.2 Å². The standard InChI is InChI=1S/C18H22N2O2S/c1-20(2)16-11-9-15(10-12-16)18(21)19-17(13-23(3)22)14-7-5-4-6-8-14/h4-12,17H,13H2,1-3H3,(H,19,21). The van der Waals surface area contributed by atoms with Gasteiger partial charge in [-0.1, -0.05) is 30.3 Å². The quantitative estimate of drug-likeness (QED) is 0.886. The molecule has 0 aromatic heterocycles. The highest BCUT2D eigenvalue weighted by Gasteiger charge is 2.17. The number of nitrogens with one attached hydrogen (secondary N) is 1. The van der Waals surface area contributed by atoms with Crippen LogP contribution in [0.5, 0.6) is 0 Å². The molecule has 0 heterocycles. The Kier molecular flexibility index (Phi) is 5.93. The van der Waals surface area contributed by atoms with E-state index in [4.69, 9.17) is 0 Å². The van der Waals surface area contributed by atoms with Crippen LogP contribution in [0.1, 0.15) is 22.0 Å². The van der Waals surface area contributed by atoms with Crippen LogP contribution in [0.3, 0.4) is 0 Å². The van der Waals surface area contributed by atoms with Crippen molar-refractivity contribution in [2.24, 2.45) is 0 Å². The Hall–Kier alpha value is -2.14. The summed E-state index contributed by atoms with van der Waals surface area (Å²) in [5.41, 5.74) is 2.59. The molecule has 0 fully saturated rings. The van der Waals surface area contributed by atoms with E-state index in [-0.39, 0.29) is 11.9 Å². The van der Waals surface area contributed by atoms with Crippen LogP contribution in [-0.2, 0) is 10.8 Å². The van der Waals surface area contributed by atoms with Gasteiger partial charge in [-0.2, -0.15) is 0 Å². The number of nitrogens with zero attached hydrogens (tertiary/aromatic N) is 1. The maximum Gasteiger partial charge on any atom is 0.251 e. The van der Waals surface area contributed by atoms with Gasteiger partial charge < -0.3 is 10.2 Å². The Morgan fingerprint density at radius 2 is 1.70 bits per heavy atom. The molecule has 5 heteroatoms. The molecule has 23 heavy (non-hydrogen) atoms. The number of hydrogen-bond donors (Lipinski definition) is 1. The summed E-state index contributed by atoms with van der Waals surface area (Å²) in [6.45, 7) is 0. The molecule has 1 N–H and O–H groups in total. The Labute approximate surface area is 140 Å². The monoisotopic (exact) mass is 330 g/mol. The molecule has 122 valence electrons. The lowest BCUT2D eigenvalue weighted by atomic mass is 10.1. The van der Waals surface area contributed by atoms with E-state index in [1.807, 2.05) is 61.5 Å². The van der Waals surface area contributed by atoms with Crippen LogP contribution in [0.15, 0.2) is 54.6 Å². The first-order valence-corrected chi connectivity index (χ1v) is 9.13. The van der Waals surface area contributed by atoms with Crippen LogP contribution >= 0.6 is 0 Å². The second-order valence-corrected chi connectivity index (χ2v) is 7.10. The molecule has 2 rings (SSSR count). The molecular formula is C18H22N2O2S. The molecule has 4 nitrogen and oxygen atoms in total. The number of rotatable bonds is 6. The molecule has 2 unspecified atom stereocenters. The van der Waals surface area contributed by atoms with E-state index in [0.717, 1.165) is 11.3 Å². The zero-order valence-electron chi connectivity index (χ0n) is 13.7. The van der Waals surface area contributed by atoms with E-state index in [1.54, 1.807) is 18.4 Å². The van der Waals surface area contributed by atoms with Gasteiger partial charge in [-0.25, -0.2) is 0 Å². The van der Waals surface area contributed by atoms with Crippen molar-refractivity contribution in [2.45, 2.75) is 6.04 Å². The highest BCUT2D eigenvalue weighted by Crippen LogP contribution is 2.16. The Bertz CT molecular complexity index is 669. The normalized spacial score (nSPS) is 13.2. The third kappa shape index (κ3) is 4.93. The van der Waals surface area contributed by atoms with Gasteiger partial charge in [-0.15, -0.1) is 0 Å². The van der Waals surface area contributed by atoms with E-state index in [9.17, 15) is 9.00 Å². The van der Waals surface area contributed by atoms with Gasteiger partial charge in [0.15, 0.2) is 0 Å². The van der Waals surface area contributed by atoms with Crippen LogP contribution in [0.25, 0.3) is 0 Å². The maximum absolute atomic E-state index is 12.5. The average Bonchev–Trinajstić information content (AvgIpc) is 2.54. The van der Waals surface area contributed by atoms with Gasteiger partial charge in [-0.05, 0) is 29.8 Å². The van der Waals surface area contributed by atoms with Crippen LogP contribution in [0, 0.1) is 0 Å². The molecule has 1 amide bonds. The SMILES string of the molecule is CN(C)c1ccc(C(=O)NC(CS(C)=O)c2ccccc2)cc1. The molecule has 2 atom stereocenters. The van der Waals surface area contributed by atoms with E-state index in [0.29, 0.717) is 11.3 Å². The lowest BCUT2D eigenvalue weighted by molar-refractivity contribution is 0.0940. The minimum Gasteiger partial charge on any atom is -0.378 e. The van der Waals surface area contributed by atoms with Gasteiger partial charge >= 0.3 is 0 Å². The Balaban J connectivity index is 2.15. The average molecular weight is 330 g/mol. The fraction of sp³-hybridized carbons (Fsp3) is 0.278. The molecule has 2 aromatic rings. The number of hydrogen-bond acceptors (Lipinski definition) is 3. The summed E-state index contributed by atoms with van der Waals surface area (Å²) in [7, 11) is 2.91. The number of amides is 1. The number of benzene rings is 2. The second-order valence-electron chi connectivity index (χ2n) is 5.62. The minimum atomic E-state index is -1.00. The van der Waals surface area contributed by atoms with Crippen LogP contribution in [-0.4, -0.2) is 36.2 Å². The summed E-state index contributed by atoms with van der Waals surface area (Å²) < 4.78 is 11.6. The molecule has 0 bridgehead atoms. The third-order valence-electron chi connectivity index (χ3n) is 3.55. The van der Waals surface area contributed by atoms with Crippen molar-refractivity contribution in [3.8, 4) is 0 Å². The maximum atomic E-state index is 12.5. The lowest BCUT2D eigenvalue weighted by Gasteiger charge is -2.19. The van der Waals surface area contributed by atoms with Crippen molar-refractivity contribution < 1.29 is 9.00 Å². The van der Waals surface area contributed by atoms with Crippen molar-refractivity contribution in [1.82, 2.24) is 5.32 Å². The lowest BCUT2D eigenvalue weighted by Crippen LogP contribution is -2.31. The van der Waals surface area contributed by atoms with E-state index >= 15 is 0 Å². The van der Waals surface area contributed by atoms with Crippen molar-refractivity contribution in [3.05, 3.63) is 65.7 Å². The summed E-state index contributed by atoms with van der Waals surface area (Å²) >= 11 is 0. The van der Waals surface area contributed by atoms with Crippen molar-refractivity contribution >= 4 is 22.4 Å². The summed E-state index contributed by atoms with van der Waals surface area (Å²) in [4.78, 5) is 14.4. The van der Waals surface area contributed by atoms with E-state index in [2.05, 4.69) is 5.32 Å². The molecule has 0 aliphatic rings.